The van der Waals surface area contributed by atoms with E-state index < -0.39 is 0 Å². The van der Waals surface area contributed by atoms with E-state index >= 15 is 0 Å². The smallest absolute Gasteiger partial charge is 0.338 e. The van der Waals surface area contributed by atoms with Gasteiger partial charge in [-0.15, -0.1) is 0 Å². The number of ether oxygens (including phenoxy) is 1. The molecule has 0 spiro atoms. The molecule has 0 heterocycles. The van der Waals surface area contributed by atoms with Gasteiger partial charge in [0.05, 0.1) is 12.2 Å². The van der Waals surface area contributed by atoms with Crippen molar-refractivity contribution in [3.05, 3.63) is 29.8 Å². The van der Waals surface area contributed by atoms with E-state index in [1.807, 2.05) is 0 Å². The van der Waals surface area contributed by atoms with Crippen molar-refractivity contribution in [3.63, 3.8) is 0 Å². The van der Waals surface area contributed by atoms with Gasteiger partial charge in [-0.25, -0.2) is 4.79 Å². The largest absolute Gasteiger partial charge is 0.462 e. The Morgan fingerprint density at radius 1 is 1.15 bits per heavy atom. The fourth-order valence-electron chi connectivity index (χ4n) is 2.51. The van der Waals surface area contributed by atoms with Gasteiger partial charge >= 0.3 is 5.97 Å². The Morgan fingerprint density at radius 2 is 1.80 bits per heavy atom. The minimum Gasteiger partial charge on any atom is -0.462 e. The summed E-state index contributed by atoms with van der Waals surface area (Å²) in [6, 6.07) is 6.84. The first-order valence-corrected chi connectivity index (χ1v) is 7.28. The summed E-state index contributed by atoms with van der Waals surface area (Å²) in [6.07, 6.45) is 5.47. The fraction of sp³-hybridized carbons (Fsp3) is 0.500. The Balaban J connectivity index is 1.92. The van der Waals surface area contributed by atoms with Gasteiger partial charge in [-0.3, -0.25) is 4.79 Å². The number of esters is 1. The van der Waals surface area contributed by atoms with Crippen molar-refractivity contribution >= 4 is 17.6 Å². The van der Waals surface area contributed by atoms with Gasteiger partial charge in [0.25, 0.3) is 0 Å². The zero-order valence-electron chi connectivity index (χ0n) is 11.9. The molecule has 1 aliphatic carbocycles. The molecule has 0 saturated heterocycles. The summed E-state index contributed by atoms with van der Waals surface area (Å²) in [5, 5.41) is 2.92. The summed E-state index contributed by atoms with van der Waals surface area (Å²) in [6.45, 7) is 2.13. The third-order valence-electron chi connectivity index (χ3n) is 3.64. The maximum Gasteiger partial charge on any atom is 0.338 e. The monoisotopic (exact) mass is 275 g/mol. The maximum absolute atomic E-state index is 12.1. The predicted octanol–water partition coefficient (Wildman–Crippen LogP) is 3.38. The Morgan fingerprint density at radius 3 is 2.40 bits per heavy atom. The van der Waals surface area contributed by atoms with E-state index in [9.17, 15) is 9.59 Å². The maximum atomic E-state index is 12.1. The third kappa shape index (κ3) is 3.83. The van der Waals surface area contributed by atoms with Crippen LogP contribution in [-0.4, -0.2) is 18.5 Å². The van der Waals surface area contributed by atoms with Crippen molar-refractivity contribution in [2.75, 3.05) is 11.9 Å². The van der Waals surface area contributed by atoms with Crippen molar-refractivity contribution in [1.29, 1.82) is 0 Å². The molecular weight excluding hydrogens is 254 g/mol. The minimum absolute atomic E-state index is 0.0913. The van der Waals surface area contributed by atoms with Gasteiger partial charge in [0.15, 0.2) is 0 Å². The molecule has 1 aliphatic rings. The van der Waals surface area contributed by atoms with Gasteiger partial charge in [0.2, 0.25) is 5.91 Å². The number of hydrogen-bond acceptors (Lipinski definition) is 3. The number of carbonyl (C=O) groups is 2. The van der Waals surface area contributed by atoms with Crippen LogP contribution in [0.1, 0.15) is 49.4 Å². The van der Waals surface area contributed by atoms with Crippen LogP contribution < -0.4 is 5.32 Å². The minimum atomic E-state index is -0.336. The molecule has 4 heteroatoms. The second kappa shape index (κ2) is 7.08. The molecule has 1 fully saturated rings. The topological polar surface area (TPSA) is 55.4 Å². The average molecular weight is 275 g/mol. The number of carbonyl (C=O) groups excluding carboxylic acids is 2. The van der Waals surface area contributed by atoms with E-state index in [-0.39, 0.29) is 17.8 Å². The summed E-state index contributed by atoms with van der Waals surface area (Å²) in [5.41, 5.74) is 1.23. The molecule has 0 atom stereocenters. The van der Waals surface area contributed by atoms with E-state index in [0.717, 1.165) is 31.4 Å². The predicted molar refractivity (Wildman–Crippen MR) is 77.6 cm³/mol. The second-order valence-corrected chi connectivity index (χ2v) is 5.12. The molecule has 1 aromatic rings. The summed E-state index contributed by atoms with van der Waals surface area (Å²) in [7, 11) is 0. The fourth-order valence-corrected chi connectivity index (χ4v) is 2.51. The summed E-state index contributed by atoms with van der Waals surface area (Å²) >= 11 is 0. The molecular formula is C16H21NO3. The van der Waals surface area contributed by atoms with Crippen LogP contribution in [-0.2, 0) is 9.53 Å². The van der Waals surface area contributed by atoms with Crippen LogP contribution in [0.25, 0.3) is 0 Å². The molecule has 20 heavy (non-hydrogen) atoms. The van der Waals surface area contributed by atoms with Crippen molar-refractivity contribution in [1.82, 2.24) is 0 Å². The highest BCUT2D eigenvalue weighted by molar-refractivity contribution is 5.94. The first-order chi connectivity index (χ1) is 9.70. The van der Waals surface area contributed by atoms with Gasteiger partial charge in [-0.05, 0) is 44.0 Å². The van der Waals surface area contributed by atoms with E-state index in [1.165, 1.54) is 6.42 Å². The van der Waals surface area contributed by atoms with Gasteiger partial charge in [-0.2, -0.15) is 0 Å². The van der Waals surface area contributed by atoms with E-state index in [1.54, 1.807) is 31.2 Å². The number of benzene rings is 1. The van der Waals surface area contributed by atoms with Crippen molar-refractivity contribution in [3.8, 4) is 0 Å². The second-order valence-electron chi connectivity index (χ2n) is 5.12. The number of nitrogens with one attached hydrogen (secondary N) is 1. The van der Waals surface area contributed by atoms with E-state index in [2.05, 4.69) is 5.32 Å². The van der Waals surface area contributed by atoms with Crippen molar-refractivity contribution in [2.45, 2.75) is 39.0 Å². The lowest BCUT2D eigenvalue weighted by Gasteiger charge is -2.20. The Labute approximate surface area is 119 Å². The molecule has 1 aromatic carbocycles. The molecule has 0 aliphatic heterocycles. The van der Waals surface area contributed by atoms with Crippen molar-refractivity contribution in [2.24, 2.45) is 5.92 Å². The Bertz CT molecular complexity index is 461. The summed E-state index contributed by atoms with van der Waals surface area (Å²) < 4.78 is 4.92. The molecule has 1 N–H and O–H groups in total. The molecule has 0 bridgehead atoms. The first kappa shape index (κ1) is 14.6. The zero-order chi connectivity index (χ0) is 14.4. The average Bonchev–Trinajstić information content (AvgIpc) is 2.49. The molecule has 1 amide bonds. The molecule has 2 rings (SSSR count). The van der Waals surface area contributed by atoms with Crippen molar-refractivity contribution < 1.29 is 14.3 Å². The number of rotatable bonds is 4. The number of anilines is 1. The lowest BCUT2D eigenvalue weighted by molar-refractivity contribution is -0.120. The molecule has 4 nitrogen and oxygen atoms in total. The lowest BCUT2D eigenvalue weighted by Crippen LogP contribution is -2.24. The molecule has 0 unspecified atom stereocenters. The first-order valence-electron chi connectivity index (χ1n) is 7.28. The quantitative estimate of drug-likeness (QED) is 0.857. The number of hydrogen-bond donors (Lipinski definition) is 1. The Kier molecular flexibility index (Phi) is 5.16. The van der Waals surface area contributed by atoms with Crippen LogP contribution in [0.3, 0.4) is 0 Å². The van der Waals surface area contributed by atoms with Gasteiger partial charge in [-0.1, -0.05) is 19.3 Å². The molecule has 1 saturated carbocycles. The summed E-state index contributed by atoms with van der Waals surface area (Å²) in [5.74, 6) is -0.111. The van der Waals surface area contributed by atoms with Gasteiger partial charge in [0.1, 0.15) is 0 Å². The van der Waals surface area contributed by atoms with E-state index in [0.29, 0.717) is 12.2 Å². The van der Waals surface area contributed by atoms with Crippen LogP contribution in [0.5, 0.6) is 0 Å². The van der Waals surface area contributed by atoms with Crippen LogP contribution in [0, 0.1) is 5.92 Å². The standard InChI is InChI=1S/C16H21NO3/c1-2-20-16(19)13-8-10-14(11-9-13)17-15(18)12-6-4-3-5-7-12/h8-12H,2-7H2,1H3,(H,17,18). The SMILES string of the molecule is CCOC(=O)c1ccc(NC(=O)C2CCCCC2)cc1. The highest BCUT2D eigenvalue weighted by Gasteiger charge is 2.21. The normalized spacial score (nSPS) is 15.7. The molecule has 0 aromatic heterocycles. The van der Waals surface area contributed by atoms with Crippen LogP contribution in [0.2, 0.25) is 0 Å². The lowest BCUT2D eigenvalue weighted by atomic mass is 9.88. The zero-order valence-corrected chi connectivity index (χ0v) is 11.9. The van der Waals surface area contributed by atoms with Gasteiger partial charge in [0, 0.05) is 11.6 Å². The number of amides is 1. The molecule has 0 radical (unpaired) electrons. The Hall–Kier alpha value is -1.84. The van der Waals surface area contributed by atoms with Crippen LogP contribution in [0.15, 0.2) is 24.3 Å². The highest BCUT2D eigenvalue weighted by atomic mass is 16.5. The van der Waals surface area contributed by atoms with Crippen LogP contribution >= 0.6 is 0 Å². The summed E-state index contributed by atoms with van der Waals surface area (Å²) in [4.78, 5) is 23.6. The third-order valence-corrected chi connectivity index (χ3v) is 3.64. The van der Waals surface area contributed by atoms with Gasteiger partial charge < -0.3 is 10.1 Å². The van der Waals surface area contributed by atoms with Crippen LogP contribution in [0.4, 0.5) is 5.69 Å². The molecule has 108 valence electrons. The highest BCUT2D eigenvalue weighted by Crippen LogP contribution is 2.25. The van der Waals surface area contributed by atoms with E-state index in [4.69, 9.17) is 4.74 Å².